The zero-order valence-corrected chi connectivity index (χ0v) is 17.0. The molecule has 0 aliphatic heterocycles. The molecule has 2 aromatic carbocycles. The molecule has 0 saturated carbocycles. The number of carbonyl (C=O) groups is 2. The van der Waals surface area contributed by atoms with Gasteiger partial charge in [-0.2, -0.15) is 0 Å². The SMILES string of the molecule is COC(=O)[C@@H](Cc1c[nH]c2ccccc12)NC(=O)CSCc1ccc(Cl)cc1. The van der Waals surface area contributed by atoms with E-state index in [0.717, 1.165) is 22.0 Å². The number of aromatic amines is 1. The first-order chi connectivity index (χ1) is 13.6. The lowest BCUT2D eigenvalue weighted by atomic mass is 10.0. The van der Waals surface area contributed by atoms with Gasteiger partial charge in [-0.3, -0.25) is 4.79 Å². The highest BCUT2D eigenvalue weighted by Crippen LogP contribution is 2.20. The monoisotopic (exact) mass is 416 g/mol. The molecule has 0 bridgehead atoms. The molecule has 5 nitrogen and oxygen atoms in total. The van der Waals surface area contributed by atoms with Crippen LogP contribution in [0.4, 0.5) is 0 Å². The highest BCUT2D eigenvalue weighted by molar-refractivity contribution is 7.99. The minimum atomic E-state index is -0.729. The Balaban J connectivity index is 1.58. The number of hydrogen-bond acceptors (Lipinski definition) is 4. The Morgan fingerprint density at radius 1 is 1.18 bits per heavy atom. The maximum absolute atomic E-state index is 12.3. The fourth-order valence-electron chi connectivity index (χ4n) is 2.93. The number of rotatable bonds is 8. The van der Waals surface area contributed by atoms with Crippen molar-refractivity contribution in [2.75, 3.05) is 12.9 Å². The summed E-state index contributed by atoms with van der Waals surface area (Å²) < 4.78 is 4.88. The Bertz CT molecular complexity index is 956. The van der Waals surface area contributed by atoms with Crippen LogP contribution in [-0.2, 0) is 26.5 Å². The van der Waals surface area contributed by atoms with Gasteiger partial charge < -0.3 is 15.0 Å². The van der Waals surface area contributed by atoms with E-state index in [1.54, 1.807) is 0 Å². The van der Waals surface area contributed by atoms with Gasteiger partial charge in [0.25, 0.3) is 0 Å². The van der Waals surface area contributed by atoms with Crippen LogP contribution in [0.5, 0.6) is 0 Å². The number of ether oxygens (including phenoxy) is 1. The molecule has 28 heavy (non-hydrogen) atoms. The molecule has 1 aromatic heterocycles. The van der Waals surface area contributed by atoms with Crippen LogP contribution in [0.1, 0.15) is 11.1 Å². The van der Waals surface area contributed by atoms with Gasteiger partial charge >= 0.3 is 5.97 Å². The molecular formula is C21H21ClN2O3S. The topological polar surface area (TPSA) is 71.2 Å². The zero-order valence-electron chi connectivity index (χ0n) is 15.4. The Hall–Kier alpha value is -2.44. The van der Waals surface area contributed by atoms with Gasteiger partial charge in [-0.25, -0.2) is 4.79 Å². The third-order valence-corrected chi connectivity index (χ3v) is 5.59. The van der Waals surface area contributed by atoms with Crippen molar-refractivity contribution in [3.05, 3.63) is 70.9 Å². The molecule has 2 N–H and O–H groups in total. The Morgan fingerprint density at radius 2 is 1.93 bits per heavy atom. The van der Waals surface area contributed by atoms with Gasteiger partial charge in [0.1, 0.15) is 6.04 Å². The van der Waals surface area contributed by atoms with Gasteiger partial charge in [0.15, 0.2) is 0 Å². The van der Waals surface area contributed by atoms with Crippen LogP contribution in [0.3, 0.4) is 0 Å². The number of benzene rings is 2. The third kappa shape index (κ3) is 5.30. The van der Waals surface area contributed by atoms with Gasteiger partial charge in [-0.05, 0) is 29.3 Å². The van der Waals surface area contributed by atoms with E-state index in [1.165, 1.54) is 18.9 Å². The normalized spacial score (nSPS) is 11.9. The molecule has 0 aliphatic carbocycles. The highest BCUT2D eigenvalue weighted by Gasteiger charge is 2.23. The average molecular weight is 417 g/mol. The third-order valence-electron chi connectivity index (χ3n) is 4.34. The van der Waals surface area contributed by atoms with E-state index < -0.39 is 12.0 Å². The van der Waals surface area contributed by atoms with Crippen molar-refractivity contribution in [3.63, 3.8) is 0 Å². The van der Waals surface area contributed by atoms with E-state index in [2.05, 4.69) is 10.3 Å². The van der Waals surface area contributed by atoms with Crippen molar-refractivity contribution >= 4 is 46.1 Å². The predicted octanol–water partition coefficient (Wildman–Crippen LogP) is 3.96. The molecule has 1 heterocycles. The summed E-state index contributed by atoms with van der Waals surface area (Å²) in [5.41, 5.74) is 3.04. The first-order valence-corrected chi connectivity index (χ1v) is 10.3. The number of H-pyrrole nitrogens is 1. The molecule has 0 aliphatic rings. The summed E-state index contributed by atoms with van der Waals surface area (Å²) in [6.07, 6.45) is 2.23. The van der Waals surface area contributed by atoms with E-state index in [4.69, 9.17) is 16.3 Å². The number of halogens is 1. The molecule has 1 atom stereocenters. The van der Waals surface area contributed by atoms with Gasteiger partial charge in [-0.15, -0.1) is 11.8 Å². The summed E-state index contributed by atoms with van der Waals surface area (Å²) in [6.45, 7) is 0. The molecule has 3 aromatic rings. The molecule has 0 radical (unpaired) electrons. The Morgan fingerprint density at radius 3 is 2.68 bits per heavy atom. The smallest absolute Gasteiger partial charge is 0.328 e. The number of methoxy groups -OCH3 is 1. The van der Waals surface area contributed by atoms with Crippen molar-refractivity contribution < 1.29 is 14.3 Å². The van der Waals surface area contributed by atoms with Gasteiger partial charge in [-0.1, -0.05) is 41.9 Å². The second-order valence-electron chi connectivity index (χ2n) is 6.33. The second kappa shape index (κ2) is 9.66. The van der Waals surface area contributed by atoms with Gasteiger partial charge in [0, 0.05) is 34.3 Å². The number of carbonyl (C=O) groups excluding carboxylic acids is 2. The van der Waals surface area contributed by atoms with Crippen LogP contribution in [0.25, 0.3) is 10.9 Å². The van der Waals surface area contributed by atoms with E-state index in [0.29, 0.717) is 17.2 Å². The van der Waals surface area contributed by atoms with Crippen LogP contribution in [0, 0.1) is 0 Å². The summed E-state index contributed by atoms with van der Waals surface area (Å²) in [6, 6.07) is 14.6. The van der Waals surface area contributed by atoms with Crippen molar-refractivity contribution in [2.24, 2.45) is 0 Å². The lowest BCUT2D eigenvalue weighted by molar-refractivity contribution is -0.144. The summed E-state index contributed by atoms with van der Waals surface area (Å²) in [7, 11) is 1.33. The van der Waals surface area contributed by atoms with Crippen LogP contribution in [0.15, 0.2) is 54.7 Å². The van der Waals surface area contributed by atoms with E-state index in [1.807, 2.05) is 54.7 Å². The second-order valence-corrected chi connectivity index (χ2v) is 7.75. The zero-order chi connectivity index (χ0) is 19.9. The van der Waals surface area contributed by atoms with E-state index in [-0.39, 0.29) is 11.7 Å². The van der Waals surface area contributed by atoms with Gasteiger partial charge in [0.2, 0.25) is 5.91 Å². The van der Waals surface area contributed by atoms with Gasteiger partial charge in [0.05, 0.1) is 12.9 Å². The minimum absolute atomic E-state index is 0.200. The largest absolute Gasteiger partial charge is 0.467 e. The van der Waals surface area contributed by atoms with E-state index >= 15 is 0 Å². The van der Waals surface area contributed by atoms with E-state index in [9.17, 15) is 9.59 Å². The molecule has 0 fully saturated rings. The summed E-state index contributed by atoms with van der Waals surface area (Å²) in [5.74, 6) is 0.287. The van der Waals surface area contributed by atoms with Crippen molar-refractivity contribution in [1.82, 2.24) is 10.3 Å². The first kappa shape index (κ1) is 20.3. The van der Waals surface area contributed by atoms with Crippen LogP contribution >= 0.6 is 23.4 Å². The summed E-state index contributed by atoms with van der Waals surface area (Å²) >= 11 is 7.35. The Kier molecular flexibility index (Phi) is 7.01. The lowest BCUT2D eigenvalue weighted by Gasteiger charge is -2.16. The molecule has 1 amide bonds. The minimum Gasteiger partial charge on any atom is -0.467 e. The predicted molar refractivity (Wildman–Crippen MR) is 114 cm³/mol. The van der Waals surface area contributed by atoms with Crippen molar-refractivity contribution in [1.29, 1.82) is 0 Å². The lowest BCUT2D eigenvalue weighted by Crippen LogP contribution is -2.43. The number of thioether (sulfide) groups is 1. The number of fused-ring (bicyclic) bond motifs is 1. The highest BCUT2D eigenvalue weighted by atomic mass is 35.5. The molecule has 7 heteroatoms. The van der Waals surface area contributed by atoms with Crippen molar-refractivity contribution in [2.45, 2.75) is 18.2 Å². The molecular weight excluding hydrogens is 396 g/mol. The van der Waals surface area contributed by atoms with Crippen LogP contribution in [-0.4, -0.2) is 35.8 Å². The average Bonchev–Trinajstić information content (AvgIpc) is 3.11. The fourth-order valence-corrected chi connectivity index (χ4v) is 3.86. The molecule has 0 saturated heterocycles. The number of hydrogen-bond donors (Lipinski definition) is 2. The number of amides is 1. The Labute approximate surface area is 172 Å². The summed E-state index contributed by atoms with van der Waals surface area (Å²) in [4.78, 5) is 27.7. The van der Waals surface area contributed by atoms with Crippen LogP contribution in [0.2, 0.25) is 5.02 Å². The standard InChI is InChI=1S/C21H21ClN2O3S/c1-27-21(26)19(10-15-11-23-18-5-3-2-4-17(15)18)24-20(25)13-28-12-14-6-8-16(22)9-7-14/h2-9,11,19,23H,10,12-13H2,1H3,(H,24,25)/t19-/m1/s1. The fraction of sp³-hybridized carbons (Fsp3) is 0.238. The summed E-state index contributed by atoms with van der Waals surface area (Å²) in [5, 5.41) is 4.51. The maximum atomic E-state index is 12.3. The molecule has 0 unspecified atom stereocenters. The molecule has 146 valence electrons. The number of aromatic nitrogens is 1. The molecule has 3 rings (SSSR count). The number of para-hydroxylation sites is 1. The maximum Gasteiger partial charge on any atom is 0.328 e. The quantitative estimate of drug-likeness (QED) is 0.545. The van der Waals surface area contributed by atoms with Crippen molar-refractivity contribution in [3.8, 4) is 0 Å². The number of esters is 1. The molecule has 0 spiro atoms. The number of nitrogens with one attached hydrogen (secondary N) is 2. The first-order valence-electron chi connectivity index (χ1n) is 8.81. The van der Waals surface area contributed by atoms with Crippen LogP contribution < -0.4 is 5.32 Å².